The second-order valence-corrected chi connectivity index (χ2v) is 5.66. The summed E-state index contributed by atoms with van der Waals surface area (Å²) in [6, 6.07) is 5.02. The maximum atomic E-state index is 12.1. The summed E-state index contributed by atoms with van der Waals surface area (Å²) in [5.74, 6) is -0.547. The summed E-state index contributed by atoms with van der Waals surface area (Å²) in [4.78, 5) is 24.7. The van der Waals surface area contributed by atoms with Gasteiger partial charge in [-0.25, -0.2) is 0 Å². The Morgan fingerprint density at radius 2 is 1.90 bits per heavy atom. The fourth-order valence-corrected chi connectivity index (χ4v) is 1.94. The molecule has 0 heterocycles. The Labute approximate surface area is 119 Å². The van der Waals surface area contributed by atoms with Crippen LogP contribution in [-0.4, -0.2) is 36.3 Å². The van der Waals surface area contributed by atoms with Gasteiger partial charge in [0.1, 0.15) is 0 Å². The summed E-state index contributed by atoms with van der Waals surface area (Å²) in [6.45, 7) is 3.68. The fourth-order valence-electron chi connectivity index (χ4n) is 1.94. The molecule has 1 aromatic carbocycles. The lowest BCUT2D eigenvalue weighted by Gasteiger charge is -2.28. The van der Waals surface area contributed by atoms with Crippen LogP contribution in [-0.2, 0) is 4.79 Å². The molecule has 0 aromatic heterocycles. The van der Waals surface area contributed by atoms with Gasteiger partial charge in [0.15, 0.2) is 0 Å². The number of primary amides is 1. The van der Waals surface area contributed by atoms with Gasteiger partial charge in [0.25, 0.3) is 5.91 Å². The van der Waals surface area contributed by atoms with Crippen LogP contribution >= 0.6 is 0 Å². The summed E-state index contributed by atoms with van der Waals surface area (Å²) in [7, 11) is 3.36. The first kappa shape index (κ1) is 15.8. The van der Waals surface area contributed by atoms with Crippen LogP contribution < -0.4 is 16.8 Å². The number of amides is 2. The summed E-state index contributed by atoms with van der Waals surface area (Å²) in [5.41, 5.74) is 12.1. The summed E-state index contributed by atoms with van der Waals surface area (Å²) in [5, 5.41) is 3.17. The van der Waals surface area contributed by atoms with Crippen LogP contribution in [0.2, 0.25) is 0 Å². The zero-order valence-electron chi connectivity index (χ0n) is 12.4. The molecule has 20 heavy (non-hydrogen) atoms. The molecule has 0 aliphatic rings. The molecule has 0 aliphatic heterocycles. The average molecular weight is 278 g/mol. The van der Waals surface area contributed by atoms with Crippen molar-refractivity contribution in [3.63, 3.8) is 0 Å². The van der Waals surface area contributed by atoms with E-state index in [4.69, 9.17) is 11.5 Å². The number of nitrogen functional groups attached to an aromatic ring is 1. The highest BCUT2D eigenvalue weighted by atomic mass is 16.2. The Bertz CT molecular complexity index is 524. The predicted octanol–water partition coefficient (Wildman–Crippen LogP) is 1.04. The number of nitrogens with one attached hydrogen (secondary N) is 1. The molecule has 0 saturated carbocycles. The third-order valence-electron chi connectivity index (χ3n) is 2.77. The van der Waals surface area contributed by atoms with Crippen molar-refractivity contribution in [2.24, 2.45) is 5.73 Å². The lowest BCUT2D eigenvalue weighted by Crippen LogP contribution is -2.37. The molecule has 0 unspecified atom stereocenters. The van der Waals surface area contributed by atoms with E-state index in [1.807, 2.05) is 13.8 Å². The van der Waals surface area contributed by atoms with Crippen molar-refractivity contribution in [3.05, 3.63) is 23.8 Å². The molecule has 0 aliphatic carbocycles. The van der Waals surface area contributed by atoms with Crippen LogP contribution in [0.5, 0.6) is 0 Å². The maximum absolute atomic E-state index is 12.1. The Kier molecular flexibility index (Phi) is 4.60. The van der Waals surface area contributed by atoms with E-state index in [0.717, 1.165) is 0 Å². The molecule has 6 heteroatoms. The van der Waals surface area contributed by atoms with Gasteiger partial charge in [-0.2, -0.15) is 0 Å². The Morgan fingerprint density at radius 1 is 1.30 bits per heavy atom. The van der Waals surface area contributed by atoms with E-state index in [0.29, 0.717) is 16.9 Å². The minimum atomic E-state index is -0.568. The van der Waals surface area contributed by atoms with E-state index in [9.17, 15) is 9.59 Å². The van der Waals surface area contributed by atoms with E-state index in [-0.39, 0.29) is 12.3 Å². The monoisotopic (exact) mass is 278 g/mol. The standard InChI is InChI=1S/C14H22N4O2/c1-14(2,8-12(16)19)17-11-7-9(15)5-6-10(11)13(20)18(3)4/h5-7,17H,8,15H2,1-4H3,(H2,16,19). The first-order chi connectivity index (χ1) is 9.12. The number of anilines is 2. The molecule has 0 bridgehead atoms. The summed E-state index contributed by atoms with van der Waals surface area (Å²) in [6.07, 6.45) is 0.150. The number of nitrogens with zero attached hydrogens (tertiary/aromatic N) is 1. The topological polar surface area (TPSA) is 101 Å². The Hall–Kier alpha value is -2.24. The van der Waals surface area contributed by atoms with E-state index < -0.39 is 11.4 Å². The molecule has 110 valence electrons. The van der Waals surface area contributed by atoms with E-state index in [1.54, 1.807) is 32.3 Å². The van der Waals surface area contributed by atoms with Gasteiger partial charge in [-0.3, -0.25) is 9.59 Å². The van der Waals surface area contributed by atoms with Crippen molar-refractivity contribution in [1.82, 2.24) is 4.90 Å². The highest BCUT2D eigenvalue weighted by Gasteiger charge is 2.23. The number of hydrogen-bond donors (Lipinski definition) is 3. The number of nitrogens with two attached hydrogens (primary N) is 2. The average Bonchev–Trinajstić information content (AvgIpc) is 2.25. The molecule has 5 N–H and O–H groups in total. The normalized spacial score (nSPS) is 11.0. The molecule has 2 amide bonds. The predicted molar refractivity (Wildman–Crippen MR) is 80.4 cm³/mol. The van der Waals surface area contributed by atoms with Gasteiger partial charge in [-0.1, -0.05) is 0 Å². The number of carbonyl (C=O) groups excluding carboxylic acids is 2. The lowest BCUT2D eigenvalue weighted by molar-refractivity contribution is -0.118. The van der Waals surface area contributed by atoms with Crippen LogP contribution in [0.15, 0.2) is 18.2 Å². The van der Waals surface area contributed by atoms with E-state index >= 15 is 0 Å². The molecule has 0 saturated heterocycles. The third-order valence-corrected chi connectivity index (χ3v) is 2.77. The van der Waals surface area contributed by atoms with Gasteiger partial charge in [0.2, 0.25) is 5.91 Å². The zero-order chi connectivity index (χ0) is 15.5. The first-order valence-electron chi connectivity index (χ1n) is 6.30. The molecular formula is C14H22N4O2. The molecule has 0 fully saturated rings. The number of hydrogen-bond acceptors (Lipinski definition) is 4. The van der Waals surface area contributed by atoms with Crippen molar-refractivity contribution in [3.8, 4) is 0 Å². The minimum absolute atomic E-state index is 0.137. The van der Waals surface area contributed by atoms with Crippen molar-refractivity contribution >= 4 is 23.2 Å². The SMILES string of the molecule is CN(C)C(=O)c1ccc(N)cc1NC(C)(C)CC(N)=O. The Balaban J connectivity index is 3.13. The van der Waals surface area contributed by atoms with Crippen molar-refractivity contribution in [2.75, 3.05) is 25.1 Å². The molecule has 1 aromatic rings. The lowest BCUT2D eigenvalue weighted by atomic mass is 9.98. The van der Waals surface area contributed by atoms with Crippen LogP contribution in [0, 0.1) is 0 Å². The molecule has 1 rings (SSSR count). The smallest absolute Gasteiger partial charge is 0.255 e. The molecule has 0 atom stereocenters. The van der Waals surface area contributed by atoms with Crippen LogP contribution in [0.4, 0.5) is 11.4 Å². The zero-order valence-corrected chi connectivity index (χ0v) is 12.4. The van der Waals surface area contributed by atoms with Crippen LogP contribution in [0.25, 0.3) is 0 Å². The quantitative estimate of drug-likeness (QED) is 0.700. The largest absolute Gasteiger partial charge is 0.399 e. The minimum Gasteiger partial charge on any atom is -0.399 e. The second kappa shape index (κ2) is 5.81. The molecule has 6 nitrogen and oxygen atoms in total. The number of benzene rings is 1. The van der Waals surface area contributed by atoms with E-state index in [1.165, 1.54) is 4.90 Å². The van der Waals surface area contributed by atoms with Crippen molar-refractivity contribution < 1.29 is 9.59 Å². The molecule has 0 spiro atoms. The maximum Gasteiger partial charge on any atom is 0.255 e. The number of carbonyl (C=O) groups is 2. The van der Waals surface area contributed by atoms with Crippen LogP contribution in [0.3, 0.4) is 0 Å². The van der Waals surface area contributed by atoms with Crippen molar-refractivity contribution in [2.45, 2.75) is 25.8 Å². The highest BCUT2D eigenvalue weighted by Crippen LogP contribution is 2.25. The van der Waals surface area contributed by atoms with Gasteiger partial charge in [0.05, 0.1) is 5.56 Å². The van der Waals surface area contributed by atoms with Gasteiger partial charge < -0.3 is 21.7 Å². The van der Waals surface area contributed by atoms with Gasteiger partial charge in [0, 0.05) is 37.4 Å². The molecular weight excluding hydrogens is 256 g/mol. The van der Waals surface area contributed by atoms with Gasteiger partial charge in [-0.15, -0.1) is 0 Å². The van der Waals surface area contributed by atoms with Gasteiger partial charge in [-0.05, 0) is 32.0 Å². The highest BCUT2D eigenvalue weighted by molar-refractivity contribution is 6.00. The molecule has 0 radical (unpaired) electrons. The van der Waals surface area contributed by atoms with Crippen LogP contribution in [0.1, 0.15) is 30.6 Å². The summed E-state index contributed by atoms with van der Waals surface area (Å²) >= 11 is 0. The number of rotatable bonds is 5. The first-order valence-corrected chi connectivity index (χ1v) is 6.30. The Morgan fingerprint density at radius 3 is 2.40 bits per heavy atom. The van der Waals surface area contributed by atoms with Gasteiger partial charge >= 0.3 is 0 Å². The third kappa shape index (κ3) is 4.15. The van der Waals surface area contributed by atoms with Crippen molar-refractivity contribution in [1.29, 1.82) is 0 Å². The fraction of sp³-hybridized carbons (Fsp3) is 0.429. The second-order valence-electron chi connectivity index (χ2n) is 5.66. The summed E-state index contributed by atoms with van der Waals surface area (Å²) < 4.78 is 0. The van der Waals surface area contributed by atoms with E-state index in [2.05, 4.69) is 5.32 Å².